The van der Waals surface area contributed by atoms with E-state index in [1.807, 2.05) is 0 Å². The molecule has 0 saturated carbocycles. The molecule has 0 aromatic carbocycles. The lowest BCUT2D eigenvalue weighted by molar-refractivity contribution is 0.282. The van der Waals surface area contributed by atoms with E-state index in [-0.39, 0.29) is 20.2 Å². The summed E-state index contributed by atoms with van der Waals surface area (Å²) in [5.41, 5.74) is 10.6. The zero-order chi connectivity index (χ0) is 7.11. The third kappa shape index (κ3) is 10.8. The van der Waals surface area contributed by atoms with Gasteiger partial charge in [0.15, 0.2) is 0 Å². The maximum absolute atomic E-state index is 8.37. The van der Waals surface area contributed by atoms with Crippen LogP contribution in [0.5, 0.6) is 0 Å². The molecule has 0 aromatic rings. The van der Waals surface area contributed by atoms with Gasteiger partial charge in [0.05, 0.1) is 6.17 Å². The molecule has 0 aromatic heterocycles. The average Bonchev–Trinajstić information content (AvgIpc) is 1.80. The molecule has 0 unspecified atom stereocenters. The van der Waals surface area contributed by atoms with Crippen LogP contribution in [0.1, 0.15) is 33.1 Å². The van der Waals surface area contributed by atoms with Gasteiger partial charge in [0.2, 0.25) is 0 Å². The molecule has 5 N–H and O–H groups in total. The van der Waals surface area contributed by atoms with Crippen LogP contribution in [0.15, 0.2) is 0 Å². The minimum atomic E-state index is -0.177. The first-order valence-corrected chi connectivity index (χ1v) is 3.39. The zero-order valence-electron chi connectivity index (χ0n) is 5.71. The molecule has 3 heteroatoms. The van der Waals surface area contributed by atoms with Crippen LogP contribution in [0.25, 0.3) is 0 Å². The maximum Gasteiger partial charge on any atom is 0.0520 e. The van der Waals surface area contributed by atoms with Crippen LogP contribution < -0.4 is 11.5 Å². The highest BCUT2D eigenvalue weighted by Gasteiger charge is 1.92. The SMILES string of the molecule is C.NC(N)CCCCCO. The van der Waals surface area contributed by atoms with Crippen molar-refractivity contribution in [3.05, 3.63) is 0 Å². The Morgan fingerprint density at radius 3 is 2.10 bits per heavy atom. The van der Waals surface area contributed by atoms with Crippen LogP contribution >= 0.6 is 0 Å². The van der Waals surface area contributed by atoms with Crippen molar-refractivity contribution in [3.63, 3.8) is 0 Å². The van der Waals surface area contributed by atoms with Crippen molar-refractivity contribution >= 4 is 0 Å². The van der Waals surface area contributed by atoms with Crippen molar-refractivity contribution in [2.24, 2.45) is 11.5 Å². The fourth-order valence-corrected chi connectivity index (χ4v) is 0.669. The number of unbranched alkanes of at least 4 members (excludes halogenated alkanes) is 2. The summed E-state index contributed by atoms with van der Waals surface area (Å²) in [7, 11) is 0. The molecule has 10 heavy (non-hydrogen) atoms. The van der Waals surface area contributed by atoms with Gasteiger partial charge in [-0.15, -0.1) is 0 Å². The first kappa shape index (κ1) is 12.5. The Hall–Kier alpha value is -0.120. The van der Waals surface area contributed by atoms with E-state index in [4.69, 9.17) is 16.6 Å². The van der Waals surface area contributed by atoms with Gasteiger partial charge < -0.3 is 16.6 Å². The van der Waals surface area contributed by atoms with Crippen LogP contribution in [-0.4, -0.2) is 17.9 Å². The van der Waals surface area contributed by atoms with Gasteiger partial charge in [0.1, 0.15) is 0 Å². The molecule has 0 aliphatic carbocycles. The van der Waals surface area contributed by atoms with Crippen molar-refractivity contribution in [1.82, 2.24) is 0 Å². The second-order valence-corrected chi connectivity index (χ2v) is 2.24. The third-order valence-electron chi connectivity index (χ3n) is 1.20. The number of hydrogen-bond acceptors (Lipinski definition) is 3. The maximum atomic E-state index is 8.37. The van der Waals surface area contributed by atoms with E-state index in [2.05, 4.69) is 0 Å². The molecule has 0 fully saturated rings. The normalized spacial score (nSPS) is 9.60. The van der Waals surface area contributed by atoms with E-state index in [1.54, 1.807) is 0 Å². The fourth-order valence-electron chi connectivity index (χ4n) is 0.669. The molecule has 0 rings (SSSR count). The summed E-state index contributed by atoms with van der Waals surface area (Å²) in [6.45, 7) is 0.278. The van der Waals surface area contributed by atoms with Crippen LogP contribution in [0, 0.1) is 0 Å². The van der Waals surface area contributed by atoms with E-state index >= 15 is 0 Å². The number of rotatable bonds is 5. The number of aliphatic hydroxyl groups excluding tert-OH is 1. The van der Waals surface area contributed by atoms with E-state index in [1.165, 1.54) is 0 Å². The average molecular weight is 148 g/mol. The van der Waals surface area contributed by atoms with Crippen molar-refractivity contribution < 1.29 is 5.11 Å². The topological polar surface area (TPSA) is 72.3 Å². The molecule has 64 valence electrons. The smallest absolute Gasteiger partial charge is 0.0520 e. The van der Waals surface area contributed by atoms with E-state index in [0.29, 0.717) is 0 Å². The summed E-state index contributed by atoms with van der Waals surface area (Å²) < 4.78 is 0. The van der Waals surface area contributed by atoms with Crippen LogP contribution in [0.3, 0.4) is 0 Å². The lowest BCUT2D eigenvalue weighted by Crippen LogP contribution is -2.29. The summed E-state index contributed by atoms with van der Waals surface area (Å²) in [6, 6.07) is 0. The lowest BCUT2D eigenvalue weighted by Gasteiger charge is -2.02. The summed E-state index contributed by atoms with van der Waals surface area (Å²) in [5, 5.41) is 8.37. The van der Waals surface area contributed by atoms with Crippen molar-refractivity contribution in [3.8, 4) is 0 Å². The van der Waals surface area contributed by atoms with Crippen molar-refractivity contribution in [1.29, 1.82) is 0 Å². The van der Waals surface area contributed by atoms with Crippen LogP contribution in [0.4, 0.5) is 0 Å². The van der Waals surface area contributed by atoms with Gasteiger partial charge in [-0.3, -0.25) is 0 Å². The summed E-state index contributed by atoms with van der Waals surface area (Å²) >= 11 is 0. The van der Waals surface area contributed by atoms with Crippen LogP contribution in [0.2, 0.25) is 0 Å². The molecule has 0 radical (unpaired) electrons. The van der Waals surface area contributed by atoms with Crippen LogP contribution in [-0.2, 0) is 0 Å². The molecule has 0 spiro atoms. The molecule has 0 atom stereocenters. The predicted molar refractivity (Wildman–Crippen MR) is 44.4 cm³/mol. The first-order chi connectivity index (χ1) is 4.27. The Labute approximate surface area is 63.4 Å². The van der Waals surface area contributed by atoms with Gasteiger partial charge >= 0.3 is 0 Å². The molecular formula is C7H20N2O. The van der Waals surface area contributed by atoms with Gasteiger partial charge in [0, 0.05) is 6.61 Å². The van der Waals surface area contributed by atoms with Crippen molar-refractivity contribution in [2.45, 2.75) is 39.3 Å². The third-order valence-corrected chi connectivity index (χ3v) is 1.20. The molecule has 0 bridgehead atoms. The summed E-state index contributed by atoms with van der Waals surface area (Å²) in [6.07, 6.45) is 3.61. The van der Waals surface area contributed by atoms with Gasteiger partial charge in [0.25, 0.3) is 0 Å². The highest BCUT2D eigenvalue weighted by molar-refractivity contribution is 4.50. The Morgan fingerprint density at radius 2 is 1.70 bits per heavy atom. The lowest BCUT2D eigenvalue weighted by atomic mass is 10.2. The fraction of sp³-hybridized carbons (Fsp3) is 1.00. The standard InChI is InChI=1S/C6H16N2O.CH4/c7-6(8)4-2-1-3-5-9;/h6,9H,1-5,7-8H2;1H4. The monoisotopic (exact) mass is 148 g/mol. The highest BCUT2D eigenvalue weighted by Crippen LogP contribution is 1.98. The summed E-state index contributed by atoms with van der Waals surface area (Å²) in [4.78, 5) is 0. The van der Waals surface area contributed by atoms with Gasteiger partial charge in [-0.2, -0.15) is 0 Å². The molecular weight excluding hydrogens is 128 g/mol. The van der Waals surface area contributed by atoms with Gasteiger partial charge in [-0.25, -0.2) is 0 Å². The Kier molecular flexibility index (Phi) is 11.1. The molecule has 0 aliphatic heterocycles. The van der Waals surface area contributed by atoms with E-state index in [0.717, 1.165) is 25.7 Å². The summed E-state index contributed by atoms with van der Waals surface area (Å²) in [5.74, 6) is 0. The molecule has 0 saturated heterocycles. The number of aliphatic hydroxyl groups is 1. The van der Waals surface area contributed by atoms with Crippen molar-refractivity contribution in [2.75, 3.05) is 6.61 Å². The zero-order valence-corrected chi connectivity index (χ0v) is 5.71. The second-order valence-electron chi connectivity index (χ2n) is 2.24. The Morgan fingerprint density at radius 1 is 1.10 bits per heavy atom. The van der Waals surface area contributed by atoms with Gasteiger partial charge in [-0.1, -0.05) is 20.3 Å². The molecule has 0 amide bonds. The highest BCUT2D eigenvalue weighted by atomic mass is 16.2. The minimum absolute atomic E-state index is 0. The molecule has 0 heterocycles. The van der Waals surface area contributed by atoms with Gasteiger partial charge in [-0.05, 0) is 12.8 Å². The van der Waals surface area contributed by atoms with E-state index < -0.39 is 0 Å². The second kappa shape index (κ2) is 8.88. The molecule has 0 aliphatic rings. The quantitative estimate of drug-likeness (QED) is 0.391. The predicted octanol–water partition coefficient (Wildman–Crippen LogP) is 0.419. The number of nitrogens with two attached hydrogens (primary N) is 2. The minimum Gasteiger partial charge on any atom is -0.396 e. The number of hydrogen-bond donors (Lipinski definition) is 3. The van der Waals surface area contributed by atoms with E-state index in [9.17, 15) is 0 Å². The Balaban J connectivity index is 0. The largest absolute Gasteiger partial charge is 0.396 e. The Bertz CT molecular complexity index is 57.6. The first-order valence-electron chi connectivity index (χ1n) is 3.39. The molecule has 3 nitrogen and oxygen atoms in total.